The van der Waals surface area contributed by atoms with Crippen molar-refractivity contribution in [2.45, 2.75) is 89.8 Å². The smallest absolute Gasteiger partial charge is 0.686 e. The van der Waals surface area contributed by atoms with Crippen molar-refractivity contribution in [3.63, 3.8) is 0 Å². The molecule has 1 aromatic carbocycles. The van der Waals surface area contributed by atoms with Crippen LogP contribution in [-0.2, 0) is 0 Å². The van der Waals surface area contributed by atoms with Gasteiger partial charge in [0, 0.05) is 5.56 Å². The first-order chi connectivity index (χ1) is 12.6. The molecule has 0 aliphatic carbocycles. The molecule has 7 heteroatoms. The molecule has 1 unspecified atom stereocenters. The molecule has 1 aromatic rings. The van der Waals surface area contributed by atoms with Crippen LogP contribution in [0.25, 0.3) is 0 Å². The maximum absolute atomic E-state index is 11.5. The van der Waals surface area contributed by atoms with Gasteiger partial charge in [-0.25, -0.2) is 0 Å². The summed E-state index contributed by atoms with van der Waals surface area (Å²) in [5, 5.41) is 2.92. The van der Waals surface area contributed by atoms with Crippen LogP contribution in [0.1, 0.15) is 95.3 Å². The molecule has 0 bridgehead atoms. The van der Waals surface area contributed by atoms with Crippen molar-refractivity contribution in [2.24, 2.45) is 0 Å². The summed E-state index contributed by atoms with van der Waals surface area (Å²) in [6.07, 6.45) is 15.2. The predicted molar refractivity (Wildman–Crippen MR) is 105 cm³/mol. The minimum atomic E-state index is -4.69. The third-order valence-corrected chi connectivity index (χ3v) is 5.91. The molecule has 1 atom stereocenters. The molecule has 0 aromatic heterocycles. The first kappa shape index (κ1) is 31.7. The molecule has 0 spiro atoms. The van der Waals surface area contributed by atoms with Crippen LogP contribution in [-0.4, -0.2) is 6.54 Å². The summed E-state index contributed by atoms with van der Waals surface area (Å²) < 4.78 is 0. The van der Waals surface area contributed by atoms with E-state index in [1.807, 2.05) is 6.07 Å². The van der Waals surface area contributed by atoms with Gasteiger partial charge in [0.15, 0.2) is 0 Å². The molecule has 0 saturated heterocycles. The summed E-state index contributed by atoms with van der Waals surface area (Å²) in [7, 11) is -4.69. The summed E-state index contributed by atoms with van der Waals surface area (Å²) in [5.41, 5.74) is 0.528. The van der Waals surface area contributed by atoms with Crippen LogP contribution in [0, 0.1) is 0 Å². The van der Waals surface area contributed by atoms with E-state index in [4.69, 9.17) is 0 Å². The number of nitrogens with one attached hydrogen (secondary N) is 1. The second-order valence-electron chi connectivity index (χ2n) is 7.20. The fourth-order valence-corrected chi connectivity index (χ4v) is 4.14. The molecule has 0 aliphatic rings. The van der Waals surface area contributed by atoms with Crippen molar-refractivity contribution in [3.05, 3.63) is 35.9 Å². The third kappa shape index (κ3) is 16.2. The van der Waals surface area contributed by atoms with Crippen molar-refractivity contribution < 1.29 is 73.8 Å². The molecule has 28 heavy (non-hydrogen) atoms. The van der Waals surface area contributed by atoms with E-state index in [1.54, 1.807) is 24.3 Å². The fourth-order valence-electron chi connectivity index (χ4n) is 3.25. The van der Waals surface area contributed by atoms with E-state index >= 15 is 0 Å². The Kier molecular flexibility index (Phi) is 23.1. The van der Waals surface area contributed by atoms with E-state index in [2.05, 4.69) is 12.2 Å². The molecule has 0 heterocycles. The van der Waals surface area contributed by atoms with Crippen LogP contribution < -0.4 is 79.1 Å². The summed E-state index contributed by atoms with van der Waals surface area (Å²) in [6, 6.07) is 8.68. The molecule has 0 radical (unpaired) electrons. The third-order valence-electron chi connectivity index (χ3n) is 4.80. The Labute approximate surface area is 217 Å². The predicted octanol–water partition coefficient (Wildman–Crippen LogP) is -2.17. The molecule has 4 nitrogen and oxygen atoms in total. The topological polar surface area (TPSA) is 81.2 Å². The first-order valence-electron chi connectivity index (χ1n) is 10.4. The zero-order valence-corrected chi connectivity index (χ0v) is 23.2. The van der Waals surface area contributed by atoms with Gasteiger partial charge in [-0.15, -0.1) is 7.94 Å². The van der Waals surface area contributed by atoms with Crippen LogP contribution in [0.2, 0.25) is 0 Å². The fraction of sp³-hybridized carbons (Fsp3) is 0.714. The van der Waals surface area contributed by atoms with Gasteiger partial charge in [0.05, 0.1) is 0 Å². The second-order valence-corrected chi connectivity index (χ2v) is 8.79. The Morgan fingerprint density at radius 1 is 0.714 bits per heavy atom. The Balaban J connectivity index is 0. The number of rotatable bonds is 16. The largest absolute Gasteiger partial charge is 1.00 e. The molecule has 1 N–H and O–H groups in total. The van der Waals surface area contributed by atoms with Gasteiger partial charge in [-0.1, -0.05) is 108 Å². The summed E-state index contributed by atoms with van der Waals surface area (Å²) in [6.45, 7) is 2.81. The van der Waals surface area contributed by atoms with Gasteiger partial charge in [0.25, 0.3) is 0 Å². The van der Waals surface area contributed by atoms with Crippen molar-refractivity contribution in [1.29, 1.82) is 0 Å². The van der Waals surface area contributed by atoms with Crippen LogP contribution in [0.5, 0.6) is 0 Å². The Morgan fingerprint density at radius 3 is 1.57 bits per heavy atom. The zero-order valence-electron chi connectivity index (χ0n) is 18.3. The Hall–Kier alpha value is 1.49. The van der Waals surface area contributed by atoms with Gasteiger partial charge < -0.3 is 14.7 Å². The molecule has 0 saturated carbocycles. The molecule has 1 rings (SSSR count). The number of hydrogen-bond acceptors (Lipinski definition) is 4. The standard InChI is InChI=1S/C21H38NO3P.2Na/c1-2-3-4-5-6-7-8-9-10-11-12-16-19-22-21(26(23,24)25)20-17-14-13-15-18-20;;/h13-15,17-18,21-22H,2-12,16,19H2,1H3,(H2,23,24,25);;/q;2*+1/p-2. The van der Waals surface area contributed by atoms with E-state index in [9.17, 15) is 14.7 Å². The van der Waals surface area contributed by atoms with E-state index in [-0.39, 0.29) is 59.1 Å². The summed E-state index contributed by atoms with van der Waals surface area (Å²) >= 11 is 0. The number of hydrogen-bond donors (Lipinski definition) is 1. The van der Waals surface area contributed by atoms with Crippen molar-refractivity contribution in [2.75, 3.05) is 6.54 Å². The van der Waals surface area contributed by atoms with E-state index in [1.165, 1.54) is 64.2 Å². The average Bonchev–Trinajstić information content (AvgIpc) is 2.62. The van der Waals surface area contributed by atoms with Crippen molar-refractivity contribution >= 4 is 7.94 Å². The first-order valence-corrected chi connectivity index (χ1v) is 12.0. The van der Waals surface area contributed by atoms with E-state index in [0.717, 1.165) is 12.8 Å². The van der Waals surface area contributed by atoms with Crippen LogP contribution in [0.4, 0.5) is 0 Å². The van der Waals surface area contributed by atoms with Gasteiger partial charge in [0.2, 0.25) is 0 Å². The SMILES string of the molecule is CCCCCCCCCCCCCCNC(c1ccccc1)[P+]([O-])([O-])[O-].[Na+].[Na+]. The molecule has 0 fully saturated rings. The molecule has 0 amide bonds. The quantitative estimate of drug-likeness (QED) is 0.185. The van der Waals surface area contributed by atoms with Crippen molar-refractivity contribution in [1.82, 2.24) is 5.32 Å². The number of unbranched alkanes of at least 4 members (excludes halogenated alkanes) is 11. The average molecular weight is 427 g/mol. The molecular weight excluding hydrogens is 391 g/mol. The van der Waals surface area contributed by atoms with Gasteiger partial charge in [-0.3, -0.25) is 5.32 Å². The van der Waals surface area contributed by atoms with Crippen LogP contribution in [0.15, 0.2) is 30.3 Å². The van der Waals surface area contributed by atoms with Gasteiger partial charge >= 0.3 is 59.1 Å². The summed E-state index contributed by atoms with van der Waals surface area (Å²) in [5.74, 6) is -1.11. The molecular formula is C21H36NNa2O3P. The Morgan fingerprint density at radius 2 is 1.14 bits per heavy atom. The zero-order chi connectivity index (χ0) is 19.1. The normalized spacial score (nSPS) is 12.1. The van der Waals surface area contributed by atoms with Gasteiger partial charge in [-0.2, -0.15) is 0 Å². The number of benzene rings is 1. The monoisotopic (exact) mass is 427 g/mol. The van der Waals surface area contributed by atoms with Gasteiger partial charge in [-0.05, 0) is 13.0 Å². The van der Waals surface area contributed by atoms with Crippen LogP contribution in [0.3, 0.4) is 0 Å². The minimum Gasteiger partial charge on any atom is -0.686 e. The summed E-state index contributed by atoms with van der Waals surface area (Å²) in [4.78, 5) is 34.5. The maximum Gasteiger partial charge on any atom is 1.00 e. The van der Waals surface area contributed by atoms with Gasteiger partial charge in [0.1, 0.15) is 5.78 Å². The maximum atomic E-state index is 11.5. The van der Waals surface area contributed by atoms with Crippen molar-refractivity contribution in [3.8, 4) is 0 Å². The van der Waals surface area contributed by atoms with E-state index in [0.29, 0.717) is 12.1 Å². The van der Waals surface area contributed by atoms with E-state index < -0.39 is 13.7 Å². The Bertz CT molecular complexity index is 447. The second kappa shape index (κ2) is 20.4. The molecule has 150 valence electrons. The molecule has 0 aliphatic heterocycles. The van der Waals surface area contributed by atoms with Crippen LogP contribution >= 0.6 is 7.94 Å². The minimum absolute atomic E-state index is 0.